The lowest BCUT2D eigenvalue weighted by Gasteiger charge is -2.16. The number of isocyanates is 2. The second-order valence-electron chi connectivity index (χ2n) is 6.41. The van der Waals surface area contributed by atoms with Crippen molar-refractivity contribution < 1.29 is 9.59 Å². The van der Waals surface area contributed by atoms with Crippen molar-refractivity contribution in [3.8, 4) is 0 Å². The molecule has 1 rings (SSSR count). The average Bonchev–Trinajstić information content (AvgIpc) is 2.48. The molecule has 0 aliphatic carbocycles. The molecule has 0 N–H and O–H groups in total. The summed E-state index contributed by atoms with van der Waals surface area (Å²) in [5.74, 6) is 0. The molecule has 4 heteroatoms. The summed E-state index contributed by atoms with van der Waals surface area (Å²) < 4.78 is 0. The minimum Gasteiger partial charge on any atom is -0.211 e. The van der Waals surface area contributed by atoms with Crippen LogP contribution in [0, 0.1) is 13.8 Å². The van der Waals surface area contributed by atoms with Gasteiger partial charge in [-0.3, -0.25) is 0 Å². The number of aliphatic imine (C=N–C) groups is 2. The molecule has 1 unspecified atom stereocenters. The summed E-state index contributed by atoms with van der Waals surface area (Å²) in [5.41, 5.74) is 2.42. The van der Waals surface area contributed by atoms with Gasteiger partial charge >= 0.3 is 0 Å². The molecule has 0 aromatic heterocycles. The number of hydrogen-bond acceptors (Lipinski definition) is 4. The summed E-state index contributed by atoms with van der Waals surface area (Å²) in [6, 6.07) is 8.40. The van der Waals surface area contributed by atoms with Gasteiger partial charge in [-0.2, -0.15) is 4.99 Å². The molecule has 0 bridgehead atoms. The van der Waals surface area contributed by atoms with Crippen molar-refractivity contribution in [1.82, 2.24) is 0 Å². The lowest BCUT2D eigenvalue weighted by atomic mass is 9.97. The van der Waals surface area contributed by atoms with Gasteiger partial charge in [-0.25, -0.2) is 14.6 Å². The van der Waals surface area contributed by atoms with Gasteiger partial charge < -0.3 is 0 Å². The van der Waals surface area contributed by atoms with Gasteiger partial charge in [0, 0.05) is 0 Å². The number of nitrogens with zero attached hydrogens (tertiary/aromatic N) is 2. The van der Waals surface area contributed by atoms with Crippen LogP contribution in [0.4, 0.5) is 0 Å². The molecule has 0 spiro atoms. The van der Waals surface area contributed by atoms with Crippen molar-refractivity contribution in [2.24, 2.45) is 9.98 Å². The first-order valence-electron chi connectivity index (χ1n) is 8.00. The molecular weight excluding hydrogens is 288 g/mol. The Morgan fingerprint density at radius 3 is 2.04 bits per heavy atom. The van der Waals surface area contributed by atoms with Crippen LogP contribution in [0.2, 0.25) is 0 Å². The fourth-order valence-electron chi connectivity index (χ4n) is 1.99. The lowest BCUT2D eigenvalue weighted by molar-refractivity contribution is 0.436. The number of rotatable bonds is 7. The second-order valence-corrected chi connectivity index (χ2v) is 6.41. The van der Waals surface area contributed by atoms with E-state index in [0.717, 1.165) is 25.7 Å². The zero-order chi connectivity index (χ0) is 17.7. The predicted molar refractivity (Wildman–Crippen MR) is 94.2 cm³/mol. The highest BCUT2D eigenvalue weighted by Gasteiger charge is 2.15. The van der Waals surface area contributed by atoms with Crippen molar-refractivity contribution in [3.63, 3.8) is 0 Å². The third-order valence-corrected chi connectivity index (χ3v) is 3.71. The first kappa shape index (κ1) is 21.0. The molecule has 23 heavy (non-hydrogen) atoms. The summed E-state index contributed by atoms with van der Waals surface area (Å²) in [5, 5.41) is 0. The van der Waals surface area contributed by atoms with Crippen molar-refractivity contribution >= 4 is 12.2 Å². The molecule has 4 nitrogen and oxygen atoms in total. The molecule has 0 aliphatic heterocycles. The van der Waals surface area contributed by atoms with Crippen LogP contribution >= 0.6 is 0 Å². The van der Waals surface area contributed by atoms with Gasteiger partial charge in [0.15, 0.2) is 0 Å². The highest BCUT2D eigenvalue weighted by molar-refractivity contribution is 5.34. The van der Waals surface area contributed by atoms with Gasteiger partial charge in [-0.05, 0) is 58.6 Å². The van der Waals surface area contributed by atoms with E-state index in [0.29, 0.717) is 0 Å². The van der Waals surface area contributed by atoms with E-state index in [1.54, 1.807) is 12.2 Å². The number of carbonyl (C=O) groups excluding carboxylic acids is 2. The molecule has 1 aromatic rings. The van der Waals surface area contributed by atoms with E-state index in [1.165, 1.54) is 11.1 Å². The SMILES string of the molecule is CC(CCCCC(C)(C)N=C=O)N=C=O.Cc1ccccc1C. The monoisotopic (exact) mass is 316 g/mol. The van der Waals surface area contributed by atoms with Crippen LogP contribution in [-0.2, 0) is 9.59 Å². The van der Waals surface area contributed by atoms with E-state index in [9.17, 15) is 9.59 Å². The van der Waals surface area contributed by atoms with E-state index in [1.807, 2.05) is 20.8 Å². The molecule has 1 atom stereocenters. The van der Waals surface area contributed by atoms with Crippen molar-refractivity contribution in [2.75, 3.05) is 0 Å². The summed E-state index contributed by atoms with van der Waals surface area (Å²) in [7, 11) is 0. The number of aryl methyl sites for hydroxylation is 2. The fourth-order valence-corrected chi connectivity index (χ4v) is 1.99. The Kier molecular flexibility index (Phi) is 10.5. The van der Waals surface area contributed by atoms with E-state index < -0.39 is 0 Å². The molecule has 0 radical (unpaired) electrons. The molecule has 0 heterocycles. The second kappa shape index (κ2) is 11.5. The molecule has 0 saturated carbocycles. The highest BCUT2D eigenvalue weighted by atomic mass is 16.1. The van der Waals surface area contributed by atoms with Gasteiger partial charge in [0.05, 0.1) is 11.6 Å². The fraction of sp³-hybridized carbons (Fsp3) is 0.579. The number of unbranched alkanes of at least 4 members (excludes halogenated alkanes) is 1. The van der Waals surface area contributed by atoms with Gasteiger partial charge in [0.2, 0.25) is 12.2 Å². The third kappa shape index (κ3) is 11.2. The molecule has 0 fully saturated rings. The van der Waals surface area contributed by atoms with E-state index >= 15 is 0 Å². The summed E-state index contributed by atoms with van der Waals surface area (Å²) >= 11 is 0. The van der Waals surface area contributed by atoms with Gasteiger partial charge in [0.1, 0.15) is 0 Å². The zero-order valence-corrected chi connectivity index (χ0v) is 14.9. The molecule has 0 aliphatic rings. The standard InChI is InChI=1S/C11H18N2O2.C8H10/c1-10(12-8-14)6-4-5-7-11(2,3)13-9-15;1-7-5-3-4-6-8(7)2/h10H,4-7H2,1-3H3;3-6H,1-2H3. The Balaban J connectivity index is 0.000000502. The maximum absolute atomic E-state index is 10.1. The van der Waals surface area contributed by atoms with Crippen LogP contribution < -0.4 is 0 Å². The normalized spacial score (nSPS) is 11.3. The Bertz CT molecular complexity index is 533. The minimum atomic E-state index is -0.321. The summed E-state index contributed by atoms with van der Waals surface area (Å²) in [4.78, 5) is 27.4. The topological polar surface area (TPSA) is 58.9 Å². The van der Waals surface area contributed by atoms with Crippen molar-refractivity contribution in [3.05, 3.63) is 35.4 Å². The third-order valence-electron chi connectivity index (χ3n) is 3.71. The Hall–Kier alpha value is -2.02. The van der Waals surface area contributed by atoms with Gasteiger partial charge in [0.25, 0.3) is 0 Å². The van der Waals surface area contributed by atoms with E-state index in [2.05, 4.69) is 48.1 Å². The Morgan fingerprint density at radius 2 is 1.61 bits per heavy atom. The Labute approximate surface area is 139 Å². The van der Waals surface area contributed by atoms with E-state index in [-0.39, 0.29) is 11.6 Å². The average molecular weight is 316 g/mol. The molecule has 126 valence electrons. The van der Waals surface area contributed by atoms with Gasteiger partial charge in [-0.15, -0.1) is 0 Å². The largest absolute Gasteiger partial charge is 0.235 e. The smallest absolute Gasteiger partial charge is 0.211 e. The maximum Gasteiger partial charge on any atom is 0.235 e. The van der Waals surface area contributed by atoms with E-state index in [4.69, 9.17) is 0 Å². The van der Waals surface area contributed by atoms with Crippen LogP contribution in [0.15, 0.2) is 34.3 Å². The van der Waals surface area contributed by atoms with Crippen LogP contribution in [0.3, 0.4) is 0 Å². The highest BCUT2D eigenvalue weighted by Crippen LogP contribution is 2.18. The molecule has 0 saturated heterocycles. The molecule has 1 aromatic carbocycles. The summed E-state index contributed by atoms with van der Waals surface area (Å²) in [6.07, 6.45) is 6.80. The van der Waals surface area contributed by atoms with Crippen LogP contribution in [-0.4, -0.2) is 23.7 Å². The maximum atomic E-state index is 10.1. The number of benzene rings is 1. The molecule has 0 amide bonds. The summed E-state index contributed by atoms with van der Waals surface area (Å²) in [6.45, 7) is 9.94. The predicted octanol–water partition coefficient (Wildman–Crippen LogP) is 4.69. The minimum absolute atomic E-state index is 0.0418. The lowest BCUT2D eigenvalue weighted by Crippen LogP contribution is -2.15. The van der Waals surface area contributed by atoms with Gasteiger partial charge in [-0.1, -0.05) is 37.1 Å². The van der Waals surface area contributed by atoms with Crippen LogP contribution in [0.1, 0.15) is 57.6 Å². The number of hydrogen-bond donors (Lipinski definition) is 0. The van der Waals surface area contributed by atoms with Crippen LogP contribution in [0.25, 0.3) is 0 Å². The van der Waals surface area contributed by atoms with Crippen LogP contribution in [0.5, 0.6) is 0 Å². The molecular formula is C19H28N2O2. The first-order valence-corrected chi connectivity index (χ1v) is 8.00. The van der Waals surface area contributed by atoms with Crippen molar-refractivity contribution in [1.29, 1.82) is 0 Å². The zero-order valence-electron chi connectivity index (χ0n) is 14.9. The Morgan fingerprint density at radius 1 is 1.04 bits per heavy atom. The quantitative estimate of drug-likeness (QED) is 0.416. The first-order chi connectivity index (χ1) is 10.8. The van der Waals surface area contributed by atoms with Crippen molar-refractivity contribution in [2.45, 2.75) is 71.9 Å².